The Hall–Kier alpha value is 0.0400. The third-order valence-corrected chi connectivity index (χ3v) is 2.02. The van der Waals surface area contributed by atoms with Gasteiger partial charge in [0.25, 0.3) is 0 Å². The van der Waals surface area contributed by atoms with Crippen LogP contribution in [0, 0.1) is 0 Å². The average molecular weight is 267 g/mol. The Bertz CT molecular complexity index is 225. The number of para-hydroxylation sites is 1. The number of hydrogen-bond donors (Lipinski definition) is 0. The SMILES string of the molecule is CN(I)c1ccccc1Cl. The van der Waals surface area contributed by atoms with Gasteiger partial charge in [0.1, 0.15) is 0 Å². The van der Waals surface area contributed by atoms with Crippen molar-refractivity contribution in [2.24, 2.45) is 0 Å². The van der Waals surface area contributed by atoms with Crippen LogP contribution in [0.3, 0.4) is 0 Å². The van der Waals surface area contributed by atoms with Gasteiger partial charge in [0, 0.05) is 7.05 Å². The van der Waals surface area contributed by atoms with Crippen LogP contribution in [0.4, 0.5) is 5.69 Å². The molecule has 0 aliphatic rings. The van der Waals surface area contributed by atoms with Crippen LogP contribution >= 0.6 is 34.5 Å². The number of halogens is 2. The molecule has 10 heavy (non-hydrogen) atoms. The largest absolute Gasteiger partial charge is 0.316 e. The summed E-state index contributed by atoms with van der Waals surface area (Å²) in [5.41, 5.74) is 1.05. The lowest BCUT2D eigenvalue weighted by atomic mass is 10.3. The maximum absolute atomic E-state index is 5.87. The van der Waals surface area contributed by atoms with E-state index in [1.165, 1.54) is 0 Å². The Morgan fingerprint density at radius 3 is 2.40 bits per heavy atom. The van der Waals surface area contributed by atoms with E-state index in [0.717, 1.165) is 10.7 Å². The number of nitrogens with zero attached hydrogens (tertiary/aromatic N) is 1. The summed E-state index contributed by atoms with van der Waals surface area (Å²) < 4.78 is 1.96. The molecule has 1 aromatic rings. The first-order valence-corrected chi connectivity index (χ1v) is 4.20. The van der Waals surface area contributed by atoms with E-state index in [9.17, 15) is 0 Å². The van der Waals surface area contributed by atoms with Gasteiger partial charge in [0.2, 0.25) is 0 Å². The number of rotatable bonds is 1. The minimum atomic E-state index is 0.791. The Morgan fingerprint density at radius 1 is 1.40 bits per heavy atom. The summed E-state index contributed by atoms with van der Waals surface area (Å²) in [7, 11) is 1.96. The van der Waals surface area contributed by atoms with Crippen LogP contribution in [-0.2, 0) is 0 Å². The minimum Gasteiger partial charge on any atom is -0.316 e. The molecule has 1 aromatic carbocycles. The molecule has 0 bridgehead atoms. The standard InChI is InChI=1S/C7H7ClIN/c1-10(9)7-5-3-2-4-6(7)8/h2-5H,1H3. The zero-order valence-electron chi connectivity index (χ0n) is 5.51. The van der Waals surface area contributed by atoms with Gasteiger partial charge in [-0.1, -0.05) is 23.7 Å². The minimum absolute atomic E-state index is 0.791. The third-order valence-electron chi connectivity index (χ3n) is 1.18. The second-order valence-electron chi connectivity index (χ2n) is 1.93. The van der Waals surface area contributed by atoms with E-state index in [-0.39, 0.29) is 0 Å². The molecule has 0 saturated heterocycles. The molecule has 54 valence electrons. The fourth-order valence-electron chi connectivity index (χ4n) is 0.702. The highest BCUT2D eigenvalue weighted by Crippen LogP contribution is 2.25. The van der Waals surface area contributed by atoms with Crippen LogP contribution in [-0.4, -0.2) is 7.05 Å². The van der Waals surface area contributed by atoms with Crippen molar-refractivity contribution in [3.8, 4) is 0 Å². The van der Waals surface area contributed by atoms with Crippen molar-refractivity contribution in [3.63, 3.8) is 0 Å². The first kappa shape index (κ1) is 8.14. The Morgan fingerprint density at radius 2 is 2.00 bits per heavy atom. The first-order chi connectivity index (χ1) is 4.72. The predicted molar refractivity (Wildman–Crippen MR) is 53.9 cm³/mol. The van der Waals surface area contributed by atoms with Crippen LogP contribution in [0.5, 0.6) is 0 Å². The highest BCUT2D eigenvalue weighted by Gasteiger charge is 1.99. The van der Waals surface area contributed by atoms with Crippen molar-refractivity contribution in [1.82, 2.24) is 0 Å². The van der Waals surface area contributed by atoms with Crippen LogP contribution in [0.25, 0.3) is 0 Å². The van der Waals surface area contributed by atoms with Gasteiger partial charge < -0.3 is 3.11 Å². The van der Waals surface area contributed by atoms with Gasteiger partial charge in [-0.15, -0.1) is 0 Å². The lowest BCUT2D eigenvalue weighted by Gasteiger charge is -2.10. The Balaban J connectivity index is 3.03. The second kappa shape index (κ2) is 3.44. The quantitative estimate of drug-likeness (QED) is 0.558. The van der Waals surface area contributed by atoms with Crippen molar-refractivity contribution in [2.75, 3.05) is 10.2 Å². The molecular formula is C7H7ClIN. The molecular weight excluding hydrogens is 260 g/mol. The lowest BCUT2D eigenvalue weighted by molar-refractivity contribution is 1.41. The normalized spacial score (nSPS) is 9.50. The van der Waals surface area contributed by atoms with Gasteiger partial charge in [0.05, 0.1) is 33.6 Å². The zero-order valence-corrected chi connectivity index (χ0v) is 8.43. The van der Waals surface area contributed by atoms with E-state index in [1.807, 2.05) is 34.4 Å². The van der Waals surface area contributed by atoms with Crippen molar-refractivity contribution in [2.45, 2.75) is 0 Å². The van der Waals surface area contributed by atoms with Gasteiger partial charge in [0.15, 0.2) is 0 Å². The lowest BCUT2D eigenvalue weighted by Crippen LogP contribution is -1.98. The van der Waals surface area contributed by atoms with Crippen molar-refractivity contribution < 1.29 is 0 Å². The van der Waals surface area contributed by atoms with Crippen LogP contribution in [0.2, 0.25) is 5.02 Å². The number of benzene rings is 1. The molecule has 0 radical (unpaired) electrons. The van der Waals surface area contributed by atoms with Crippen LogP contribution < -0.4 is 3.11 Å². The third kappa shape index (κ3) is 1.76. The van der Waals surface area contributed by atoms with Gasteiger partial charge in [-0.2, -0.15) is 0 Å². The molecule has 3 heteroatoms. The van der Waals surface area contributed by atoms with Gasteiger partial charge in [-0.05, 0) is 12.1 Å². The molecule has 0 aromatic heterocycles. The molecule has 0 spiro atoms. The highest BCUT2D eigenvalue weighted by molar-refractivity contribution is 14.1. The maximum atomic E-state index is 5.87. The first-order valence-electron chi connectivity index (χ1n) is 2.86. The molecule has 0 unspecified atom stereocenters. The summed E-state index contributed by atoms with van der Waals surface area (Å²) in [6.07, 6.45) is 0. The molecule has 1 nitrogen and oxygen atoms in total. The summed E-state index contributed by atoms with van der Waals surface area (Å²) in [6, 6.07) is 7.75. The van der Waals surface area contributed by atoms with Crippen LogP contribution in [0.1, 0.15) is 0 Å². The van der Waals surface area contributed by atoms with E-state index >= 15 is 0 Å². The van der Waals surface area contributed by atoms with E-state index in [4.69, 9.17) is 11.6 Å². The summed E-state index contributed by atoms with van der Waals surface area (Å²) in [5, 5.41) is 0.791. The fourth-order valence-corrected chi connectivity index (χ4v) is 1.53. The highest BCUT2D eigenvalue weighted by atomic mass is 127. The maximum Gasteiger partial charge on any atom is 0.0646 e. The summed E-state index contributed by atoms with van der Waals surface area (Å²) >= 11 is 8.06. The molecule has 0 saturated carbocycles. The summed E-state index contributed by atoms with van der Waals surface area (Å²) in [6.45, 7) is 0. The van der Waals surface area contributed by atoms with Gasteiger partial charge in [-0.3, -0.25) is 0 Å². The van der Waals surface area contributed by atoms with E-state index < -0.39 is 0 Å². The molecule has 1 rings (SSSR count). The Labute approximate surface area is 79.5 Å². The van der Waals surface area contributed by atoms with Crippen molar-refractivity contribution in [3.05, 3.63) is 29.3 Å². The average Bonchev–Trinajstić information content (AvgIpc) is 1.88. The molecule has 0 aliphatic heterocycles. The molecule has 0 amide bonds. The number of hydrogen-bond acceptors (Lipinski definition) is 1. The van der Waals surface area contributed by atoms with E-state index in [0.29, 0.717) is 0 Å². The molecule has 0 N–H and O–H groups in total. The topological polar surface area (TPSA) is 3.24 Å². The van der Waals surface area contributed by atoms with Crippen molar-refractivity contribution >= 4 is 40.2 Å². The van der Waals surface area contributed by atoms with Gasteiger partial charge >= 0.3 is 0 Å². The monoisotopic (exact) mass is 267 g/mol. The van der Waals surface area contributed by atoms with E-state index in [2.05, 4.69) is 22.9 Å². The molecule has 0 aliphatic carbocycles. The molecule has 0 atom stereocenters. The molecule has 0 heterocycles. The van der Waals surface area contributed by atoms with Crippen molar-refractivity contribution in [1.29, 1.82) is 0 Å². The molecule has 0 fully saturated rings. The fraction of sp³-hybridized carbons (Fsp3) is 0.143. The smallest absolute Gasteiger partial charge is 0.0646 e. The predicted octanol–water partition coefficient (Wildman–Crippen LogP) is 3.13. The zero-order chi connectivity index (χ0) is 7.56. The van der Waals surface area contributed by atoms with E-state index in [1.54, 1.807) is 0 Å². The summed E-state index contributed by atoms with van der Waals surface area (Å²) in [4.78, 5) is 0. The van der Waals surface area contributed by atoms with Gasteiger partial charge in [-0.25, -0.2) is 0 Å². The second-order valence-corrected chi connectivity index (χ2v) is 3.78. The summed E-state index contributed by atoms with van der Waals surface area (Å²) in [5.74, 6) is 0. The Kier molecular flexibility index (Phi) is 2.80. The number of anilines is 1. The van der Waals surface area contributed by atoms with Crippen LogP contribution in [0.15, 0.2) is 24.3 Å².